The largest absolute Gasteiger partial charge is 0.370 e. The molecule has 0 unspecified atom stereocenters. The first kappa shape index (κ1) is 19.9. The van der Waals surface area contributed by atoms with Crippen LogP contribution in [-0.4, -0.2) is 36.2 Å². The highest BCUT2D eigenvalue weighted by Gasteiger charge is 2.14. The zero-order valence-electron chi connectivity index (χ0n) is 17.0. The van der Waals surface area contributed by atoms with Crippen molar-refractivity contribution < 1.29 is 4.92 Å². The van der Waals surface area contributed by atoms with Crippen molar-refractivity contribution in [1.82, 2.24) is 24.7 Å². The Hall–Kier alpha value is -3.36. The Kier molecular flexibility index (Phi) is 5.97. The van der Waals surface area contributed by atoms with Crippen LogP contribution >= 0.6 is 0 Å². The summed E-state index contributed by atoms with van der Waals surface area (Å²) in [6, 6.07) is 8.26. The highest BCUT2D eigenvalue weighted by molar-refractivity contribution is 5.61. The molecule has 0 saturated carbocycles. The minimum Gasteiger partial charge on any atom is -0.370 e. The van der Waals surface area contributed by atoms with Gasteiger partial charge >= 0.3 is 0 Å². The van der Waals surface area contributed by atoms with Crippen molar-refractivity contribution in [2.75, 3.05) is 11.9 Å². The second-order valence-corrected chi connectivity index (χ2v) is 7.55. The van der Waals surface area contributed by atoms with E-state index in [2.05, 4.69) is 30.0 Å². The SMILES string of the molecule is Cc1cc(NCCCc2nnc3n2CCCCC3)nc(-c2cccc([N+](=O)[O-])c2)n1. The maximum Gasteiger partial charge on any atom is 0.270 e. The van der Waals surface area contributed by atoms with Gasteiger partial charge in [-0.15, -0.1) is 10.2 Å². The summed E-state index contributed by atoms with van der Waals surface area (Å²) in [6.07, 6.45) is 6.43. The van der Waals surface area contributed by atoms with E-state index < -0.39 is 4.92 Å². The van der Waals surface area contributed by atoms with E-state index in [0.717, 1.165) is 49.7 Å². The van der Waals surface area contributed by atoms with Crippen LogP contribution in [0.4, 0.5) is 11.5 Å². The number of non-ortho nitro benzene ring substituents is 1. The standard InChI is InChI=1S/C21H25N7O2/c1-15-13-18(24-21(23-15)16-7-5-8-17(14-16)28(29)30)22-11-6-10-20-26-25-19-9-3-2-4-12-27(19)20/h5,7-8,13-14H,2-4,6,9-12H2,1H3,(H,22,23,24). The molecule has 0 spiro atoms. The lowest BCUT2D eigenvalue weighted by Crippen LogP contribution is -2.10. The van der Waals surface area contributed by atoms with Gasteiger partial charge in [0.05, 0.1) is 4.92 Å². The second kappa shape index (κ2) is 8.98. The minimum atomic E-state index is -0.413. The van der Waals surface area contributed by atoms with Crippen molar-refractivity contribution in [3.8, 4) is 11.4 Å². The lowest BCUT2D eigenvalue weighted by Gasteiger charge is -2.10. The fraction of sp³-hybridized carbons (Fsp3) is 0.429. The molecule has 1 aliphatic rings. The third-order valence-corrected chi connectivity index (χ3v) is 5.24. The Labute approximate surface area is 174 Å². The van der Waals surface area contributed by atoms with Gasteiger partial charge < -0.3 is 9.88 Å². The summed E-state index contributed by atoms with van der Waals surface area (Å²) in [5.74, 6) is 3.36. The molecule has 0 saturated heterocycles. The summed E-state index contributed by atoms with van der Waals surface area (Å²) in [5, 5.41) is 23.1. The smallest absolute Gasteiger partial charge is 0.270 e. The van der Waals surface area contributed by atoms with Crippen molar-refractivity contribution in [3.05, 3.63) is 57.8 Å². The van der Waals surface area contributed by atoms with E-state index in [9.17, 15) is 10.1 Å². The molecule has 0 atom stereocenters. The van der Waals surface area contributed by atoms with Crippen LogP contribution in [0.1, 0.15) is 43.0 Å². The molecule has 1 aliphatic heterocycles. The molecule has 0 bridgehead atoms. The summed E-state index contributed by atoms with van der Waals surface area (Å²) in [6.45, 7) is 3.65. The van der Waals surface area contributed by atoms with Crippen LogP contribution in [0.2, 0.25) is 0 Å². The Bertz CT molecular complexity index is 1050. The predicted molar refractivity (Wildman–Crippen MR) is 113 cm³/mol. The number of nitrogens with one attached hydrogen (secondary N) is 1. The molecule has 0 radical (unpaired) electrons. The molecule has 156 valence electrons. The van der Waals surface area contributed by atoms with Gasteiger partial charge in [0.2, 0.25) is 0 Å². The molecular weight excluding hydrogens is 382 g/mol. The summed E-state index contributed by atoms with van der Waals surface area (Å²) in [7, 11) is 0. The normalized spacial score (nSPS) is 13.5. The summed E-state index contributed by atoms with van der Waals surface area (Å²) >= 11 is 0. The van der Waals surface area contributed by atoms with E-state index >= 15 is 0 Å². The molecule has 9 nitrogen and oxygen atoms in total. The van der Waals surface area contributed by atoms with Crippen molar-refractivity contribution in [2.45, 2.75) is 52.0 Å². The summed E-state index contributed by atoms with van der Waals surface area (Å²) in [4.78, 5) is 19.6. The first-order valence-electron chi connectivity index (χ1n) is 10.4. The number of aromatic nitrogens is 5. The number of nitrogens with zero attached hydrogens (tertiary/aromatic N) is 6. The van der Waals surface area contributed by atoms with Crippen LogP contribution < -0.4 is 5.32 Å². The van der Waals surface area contributed by atoms with E-state index in [1.807, 2.05) is 13.0 Å². The highest BCUT2D eigenvalue weighted by Crippen LogP contribution is 2.22. The van der Waals surface area contributed by atoms with E-state index in [4.69, 9.17) is 0 Å². The number of hydrogen-bond donors (Lipinski definition) is 1. The first-order chi connectivity index (χ1) is 14.6. The van der Waals surface area contributed by atoms with Crippen molar-refractivity contribution in [1.29, 1.82) is 0 Å². The molecule has 0 amide bonds. The van der Waals surface area contributed by atoms with Crippen LogP contribution in [0, 0.1) is 17.0 Å². The van der Waals surface area contributed by atoms with E-state index in [0.29, 0.717) is 17.2 Å². The number of nitro groups is 1. The van der Waals surface area contributed by atoms with Crippen molar-refractivity contribution in [3.63, 3.8) is 0 Å². The highest BCUT2D eigenvalue weighted by atomic mass is 16.6. The Balaban J connectivity index is 1.39. The average Bonchev–Trinajstić information content (AvgIpc) is 2.97. The van der Waals surface area contributed by atoms with Gasteiger partial charge in [0.15, 0.2) is 5.82 Å². The van der Waals surface area contributed by atoms with Gasteiger partial charge in [-0.1, -0.05) is 18.6 Å². The third-order valence-electron chi connectivity index (χ3n) is 5.24. The number of anilines is 1. The van der Waals surface area contributed by atoms with Crippen LogP contribution in [0.3, 0.4) is 0 Å². The molecule has 3 heterocycles. The molecule has 0 aliphatic carbocycles. The van der Waals surface area contributed by atoms with Gasteiger partial charge in [-0.3, -0.25) is 10.1 Å². The third kappa shape index (κ3) is 4.61. The van der Waals surface area contributed by atoms with Crippen molar-refractivity contribution >= 4 is 11.5 Å². The van der Waals surface area contributed by atoms with Crippen molar-refractivity contribution in [2.24, 2.45) is 0 Å². The van der Waals surface area contributed by atoms with Gasteiger partial charge in [0.25, 0.3) is 5.69 Å². The number of benzene rings is 1. The molecule has 1 aromatic carbocycles. The minimum absolute atomic E-state index is 0.0274. The van der Waals surface area contributed by atoms with Crippen LogP contribution in [0.25, 0.3) is 11.4 Å². The van der Waals surface area contributed by atoms with Gasteiger partial charge in [-0.25, -0.2) is 9.97 Å². The zero-order chi connectivity index (χ0) is 20.9. The molecule has 0 fully saturated rings. The first-order valence-corrected chi connectivity index (χ1v) is 10.4. The molecule has 3 aromatic rings. The molecule has 30 heavy (non-hydrogen) atoms. The van der Waals surface area contributed by atoms with Gasteiger partial charge in [-0.2, -0.15) is 0 Å². The van der Waals surface area contributed by atoms with Gasteiger partial charge in [-0.05, 0) is 26.2 Å². The number of rotatable bonds is 7. The molecule has 2 aromatic heterocycles. The number of fused-ring (bicyclic) bond motifs is 1. The lowest BCUT2D eigenvalue weighted by molar-refractivity contribution is -0.384. The zero-order valence-corrected chi connectivity index (χ0v) is 17.0. The van der Waals surface area contributed by atoms with E-state index in [1.165, 1.54) is 31.4 Å². The lowest BCUT2D eigenvalue weighted by atomic mass is 10.2. The maximum atomic E-state index is 11.0. The molecule has 4 rings (SSSR count). The monoisotopic (exact) mass is 407 g/mol. The summed E-state index contributed by atoms with van der Waals surface area (Å²) < 4.78 is 2.28. The van der Waals surface area contributed by atoms with Gasteiger partial charge in [0, 0.05) is 55.4 Å². The Morgan fingerprint density at radius 1 is 1.17 bits per heavy atom. The van der Waals surface area contributed by atoms with Crippen LogP contribution in [-0.2, 0) is 19.4 Å². The Morgan fingerprint density at radius 2 is 2.07 bits per heavy atom. The maximum absolute atomic E-state index is 11.0. The quantitative estimate of drug-likeness (QED) is 0.361. The second-order valence-electron chi connectivity index (χ2n) is 7.55. The number of aryl methyl sites for hydroxylation is 3. The van der Waals surface area contributed by atoms with Crippen LogP contribution in [0.5, 0.6) is 0 Å². The predicted octanol–water partition coefficient (Wildman–Crippen LogP) is 3.72. The molecule has 1 N–H and O–H groups in total. The molecular formula is C21H25N7O2. The fourth-order valence-corrected chi connectivity index (χ4v) is 3.74. The van der Waals surface area contributed by atoms with Crippen LogP contribution in [0.15, 0.2) is 30.3 Å². The topological polar surface area (TPSA) is 112 Å². The van der Waals surface area contributed by atoms with E-state index in [1.54, 1.807) is 12.1 Å². The summed E-state index contributed by atoms with van der Waals surface area (Å²) in [5.41, 5.74) is 1.46. The molecule has 9 heteroatoms. The fourth-order valence-electron chi connectivity index (χ4n) is 3.74. The average molecular weight is 407 g/mol. The number of nitro benzene ring substituents is 1. The van der Waals surface area contributed by atoms with E-state index in [-0.39, 0.29) is 5.69 Å². The Morgan fingerprint density at radius 3 is 2.93 bits per heavy atom. The number of hydrogen-bond acceptors (Lipinski definition) is 7. The van der Waals surface area contributed by atoms with Gasteiger partial charge in [0.1, 0.15) is 17.5 Å².